The second kappa shape index (κ2) is 16.9. The maximum Gasteiger partial charge on any atom is 0.245 e. The number of aliphatic hydroxyl groups is 1. The van der Waals surface area contributed by atoms with Crippen molar-refractivity contribution < 1.29 is 29.0 Å². The largest absolute Gasteiger partial charge is 0.508 e. The van der Waals surface area contributed by atoms with Gasteiger partial charge in [-0.05, 0) is 91.7 Å². The Morgan fingerprint density at radius 3 is 2.37 bits per heavy atom. The summed E-state index contributed by atoms with van der Waals surface area (Å²) in [6.07, 6.45) is 1.87. The molecule has 1 aliphatic heterocycles. The Bertz CT molecular complexity index is 1250. The lowest BCUT2D eigenvalue weighted by atomic mass is 9.95. The average Bonchev–Trinajstić information content (AvgIpc) is 2.97. The van der Waals surface area contributed by atoms with Gasteiger partial charge in [0.1, 0.15) is 23.7 Å². The van der Waals surface area contributed by atoms with Crippen LogP contribution in [0.15, 0.2) is 36.4 Å². The second-order valence-corrected chi connectivity index (χ2v) is 10.8. The van der Waals surface area contributed by atoms with Gasteiger partial charge in [-0.25, -0.2) is 4.39 Å². The highest BCUT2D eigenvalue weighted by Crippen LogP contribution is 2.29. The summed E-state index contributed by atoms with van der Waals surface area (Å²) in [4.78, 5) is 41.9. The van der Waals surface area contributed by atoms with E-state index in [1.807, 2.05) is 0 Å². The molecule has 1 heterocycles. The number of halogens is 1. The molecule has 1 aliphatic rings. The van der Waals surface area contributed by atoms with E-state index in [0.717, 1.165) is 0 Å². The molecule has 2 aromatic rings. The summed E-state index contributed by atoms with van der Waals surface area (Å²) in [5.74, 6) is -2.28. The van der Waals surface area contributed by atoms with Crippen LogP contribution in [0.2, 0.25) is 0 Å². The van der Waals surface area contributed by atoms with E-state index in [4.69, 9.17) is 17.2 Å². The maximum atomic E-state index is 15.2. The van der Waals surface area contributed by atoms with Crippen molar-refractivity contribution in [2.45, 2.75) is 76.5 Å². The first-order chi connectivity index (χ1) is 20.1. The number of nitrogens with two attached hydrogens (primary N) is 3. The highest BCUT2D eigenvalue weighted by molar-refractivity contribution is 5.93. The Kier molecular flexibility index (Phi) is 14.0. The minimum absolute atomic E-state index is 0. The van der Waals surface area contributed by atoms with Gasteiger partial charge < -0.3 is 42.9 Å². The van der Waals surface area contributed by atoms with Crippen LogP contribution < -0.4 is 27.8 Å². The topological polar surface area (TPSA) is 197 Å². The molecule has 3 amide bonds. The number of nitrogens with zero attached hydrogens (tertiary/aromatic N) is 1. The van der Waals surface area contributed by atoms with Gasteiger partial charge in [0.15, 0.2) is 0 Å². The third-order valence-electron chi connectivity index (χ3n) is 7.66. The number of fused-ring (bicyclic) bond motifs is 5. The molecular weight excluding hydrogens is 555 g/mol. The lowest BCUT2D eigenvalue weighted by Gasteiger charge is -2.32. The van der Waals surface area contributed by atoms with Crippen molar-refractivity contribution in [3.05, 3.63) is 53.3 Å². The van der Waals surface area contributed by atoms with Crippen LogP contribution in [0.3, 0.4) is 0 Å². The average molecular weight is 603 g/mol. The number of nitrogens with one attached hydrogen (secondary N) is 2. The summed E-state index contributed by atoms with van der Waals surface area (Å²) < 4.78 is 15.2. The number of carbonyl (C=O) groups excluding carboxylic acids is 3. The van der Waals surface area contributed by atoms with Crippen molar-refractivity contribution >= 4 is 17.7 Å². The molecule has 0 saturated heterocycles. The lowest BCUT2D eigenvalue weighted by Crippen LogP contribution is -2.57. The molecule has 0 aliphatic carbocycles. The van der Waals surface area contributed by atoms with Crippen LogP contribution in [-0.2, 0) is 27.2 Å². The summed E-state index contributed by atoms with van der Waals surface area (Å²) in [7, 11) is 1.44. The van der Waals surface area contributed by atoms with Crippen LogP contribution in [0.1, 0.15) is 50.7 Å². The third-order valence-corrected chi connectivity index (χ3v) is 7.66. The number of phenolic OH excluding ortho intramolecular Hbond substituents is 1. The van der Waals surface area contributed by atoms with E-state index in [0.29, 0.717) is 42.5 Å². The Labute approximate surface area is 253 Å². The van der Waals surface area contributed by atoms with Crippen molar-refractivity contribution in [1.82, 2.24) is 15.5 Å². The molecular formula is C31H47FN6O5. The first-order valence-electron chi connectivity index (χ1n) is 14.3. The molecule has 4 atom stereocenters. The number of rotatable bonds is 10. The zero-order valence-corrected chi connectivity index (χ0v) is 24.0. The first-order valence-corrected chi connectivity index (χ1v) is 14.3. The monoisotopic (exact) mass is 602 g/mol. The van der Waals surface area contributed by atoms with Gasteiger partial charge in [-0.2, -0.15) is 0 Å². The molecule has 11 nitrogen and oxygen atoms in total. The van der Waals surface area contributed by atoms with Crippen LogP contribution in [0.5, 0.6) is 5.75 Å². The SMILES string of the molecule is C.CN1C(=O)[C@H](CCCN)NC(=O)[C@@H](N)Cc2cc(ccc2O)-c2ccc(F)c(c2)C[C@H]1C(=O)N[C@H](CCO)CCCN. The zero-order valence-electron chi connectivity index (χ0n) is 24.0. The minimum atomic E-state index is -1.15. The van der Waals surface area contributed by atoms with Crippen molar-refractivity contribution in [1.29, 1.82) is 0 Å². The molecule has 0 saturated carbocycles. The van der Waals surface area contributed by atoms with Crippen molar-refractivity contribution in [3.8, 4) is 16.9 Å². The van der Waals surface area contributed by atoms with Crippen LogP contribution >= 0.6 is 0 Å². The fourth-order valence-corrected chi connectivity index (χ4v) is 5.15. The molecule has 12 heteroatoms. The van der Waals surface area contributed by atoms with Crippen LogP contribution in [0, 0.1) is 5.82 Å². The van der Waals surface area contributed by atoms with Gasteiger partial charge in [-0.15, -0.1) is 0 Å². The van der Waals surface area contributed by atoms with Gasteiger partial charge in [0.25, 0.3) is 0 Å². The number of benzene rings is 2. The van der Waals surface area contributed by atoms with Crippen LogP contribution in [-0.4, -0.2) is 83.7 Å². The first kappa shape index (κ1) is 35.6. The highest BCUT2D eigenvalue weighted by Gasteiger charge is 2.34. The van der Waals surface area contributed by atoms with E-state index in [9.17, 15) is 24.6 Å². The smallest absolute Gasteiger partial charge is 0.245 e. The third kappa shape index (κ3) is 9.45. The fraction of sp³-hybridized carbons (Fsp3) is 0.516. The number of phenols is 1. The standard InChI is InChI=1S/C30H43FN6O5.CH4/c1-37-26(29(41)35-22(10-13-38)4-2-11-32)17-20-14-18(6-8-23(20)31)19-7-9-27(39)21(15-19)16-24(34)28(40)36-25(30(37)42)5-3-12-33;/h6-9,14-15,22,24-26,38-39H,2-5,10-13,16-17,32-34H2,1H3,(H,35,41)(H,36,40);1H4/t22-,24-,25-,26-;/m0./s1. The highest BCUT2D eigenvalue weighted by atomic mass is 19.1. The van der Waals surface area contributed by atoms with E-state index in [1.165, 1.54) is 24.1 Å². The molecule has 0 unspecified atom stereocenters. The van der Waals surface area contributed by atoms with Gasteiger partial charge in [-0.1, -0.05) is 19.6 Å². The van der Waals surface area contributed by atoms with Crippen LogP contribution in [0.25, 0.3) is 11.1 Å². The molecule has 10 N–H and O–H groups in total. The van der Waals surface area contributed by atoms with Crippen molar-refractivity contribution in [2.24, 2.45) is 17.2 Å². The molecule has 4 bridgehead atoms. The van der Waals surface area contributed by atoms with Crippen molar-refractivity contribution in [2.75, 3.05) is 26.7 Å². The number of amides is 3. The number of aromatic hydroxyl groups is 1. The number of likely N-dealkylation sites (N-methyl/N-ethyl adjacent to an activating group) is 1. The Morgan fingerprint density at radius 1 is 1.07 bits per heavy atom. The van der Waals surface area contributed by atoms with Gasteiger partial charge in [0, 0.05) is 32.5 Å². The molecule has 2 aromatic carbocycles. The Morgan fingerprint density at radius 2 is 1.72 bits per heavy atom. The van der Waals surface area contributed by atoms with Crippen molar-refractivity contribution in [3.63, 3.8) is 0 Å². The van der Waals surface area contributed by atoms with Gasteiger partial charge in [-0.3, -0.25) is 14.4 Å². The lowest BCUT2D eigenvalue weighted by molar-refractivity contribution is -0.142. The molecule has 0 spiro atoms. The number of hydrogen-bond acceptors (Lipinski definition) is 8. The van der Waals surface area contributed by atoms with Gasteiger partial charge in [0.05, 0.1) is 6.04 Å². The fourth-order valence-electron chi connectivity index (χ4n) is 5.15. The molecule has 43 heavy (non-hydrogen) atoms. The number of aliphatic hydroxyl groups excluding tert-OH is 1. The number of carbonyl (C=O) groups is 3. The van der Waals surface area contributed by atoms with E-state index >= 15 is 4.39 Å². The summed E-state index contributed by atoms with van der Waals surface area (Å²) in [5.41, 5.74) is 19.4. The minimum Gasteiger partial charge on any atom is -0.508 e. The Hall–Kier alpha value is -3.58. The quantitative estimate of drug-likeness (QED) is 0.208. The predicted molar refractivity (Wildman–Crippen MR) is 164 cm³/mol. The summed E-state index contributed by atoms with van der Waals surface area (Å²) in [6.45, 7) is 0.511. The maximum absolute atomic E-state index is 15.2. The van der Waals surface area contributed by atoms with Crippen LogP contribution in [0.4, 0.5) is 4.39 Å². The second-order valence-electron chi connectivity index (χ2n) is 10.8. The summed E-state index contributed by atoms with van der Waals surface area (Å²) in [6, 6.07) is 5.65. The zero-order chi connectivity index (χ0) is 30.8. The molecule has 3 rings (SSSR count). The summed E-state index contributed by atoms with van der Waals surface area (Å²) in [5, 5.41) is 25.6. The van der Waals surface area contributed by atoms with E-state index < -0.39 is 47.7 Å². The van der Waals surface area contributed by atoms with Gasteiger partial charge in [0.2, 0.25) is 17.7 Å². The van der Waals surface area contributed by atoms with E-state index in [-0.39, 0.29) is 57.6 Å². The van der Waals surface area contributed by atoms with E-state index in [1.54, 1.807) is 24.3 Å². The Balaban J connectivity index is 0.00000645. The van der Waals surface area contributed by atoms with Gasteiger partial charge >= 0.3 is 0 Å². The predicted octanol–water partition coefficient (Wildman–Crippen LogP) is 0.917. The summed E-state index contributed by atoms with van der Waals surface area (Å²) >= 11 is 0. The van der Waals surface area contributed by atoms with E-state index in [2.05, 4.69) is 10.6 Å². The normalized spacial score (nSPS) is 19.9. The number of hydrogen-bond donors (Lipinski definition) is 7. The molecule has 0 radical (unpaired) electrons. The molecule has 238 valence electrons. The molecule has 0 fully saturated rings. The molecule has 0 aromatic heterocycles.